The Balaban J connectivity index is 2.03. The van der Waals surface area contributed by atoms with E-state index >= 15 is 0 Å². The lowest BCUT2D eigenvalue weighted by Crippen LogP contribution is -2.41. The van der Waals surface area contributed by atoms with Gasteiger partial charge in [0.2, 0.25) is 0 Å². The van der Waals surface area contributed by atoms with Gasteiger partial charge < -0.3 is 14.4 Å². The molecule has 1 aliphatic heterocycles. The maximum Gasteiger partial charge on any atom is 0.310 e. The highest BCUT2D eigenvalue weighted by Crippen LogP contribution is 2.14. The van der Waals surface area contributed by atoms with E-state index in [1.807, 2.05) is 32.0 Å². The van der Waals surface area contributed by atoms with E-state index in [1.165, 1.54) is 7.11 Å². The predicted molar refractivity (Wildman–Crippen MR) is 105 cm³/mol. The molecular weight excluding hydrogens is 344 g/mol. The van der Waals surface area contributed by atoms with E-state index in [0.717, 1.165) is 50.4 Å². The number of carbonyl (C=O) groups is 2. The third kappa shape index (κ3) is 6.33. The van der Waals surface area contributed by atoms with Crippen molar-refractivity contribution < 1.29 is 19.1 Å². The van der Waals surface area contributed by atoms with Gasteiger partial charge in [0.15, 0.2) is 0 Å². The first-order valence-corrected chi connectivity index (χ1v) is 9.67. The Morgan fingerprint density at radius 3 is 2.56 bits per heavy atom. The molecule has 1 aromatic rings. The topological polar surface area (TPSA) is 59.1 Å². The molecule has 1 amide bonds. The van der Waals surface area contributed by atoms with Crippen molar-refractivity contribution in [3.8, 4) is 0 Å². The number of hydrogen-bond acceptors (Lipinski definition) is 5. The number of morpholine rings is 1. The van der Waals surface area contributed by atoms with Gasteiger partial charge in [-0.1, -0.05) is 13.0 Å². The van der Waals surface area contributed by atoms with E-state index in [0.29, 0.717) is 18.7 Å². The van der Waals surface area contributed by atoms with E-state index in [4.69, 9.17) is 9.47 Å². The molecule has 1 heterocycles. The van der Waals surface area contributed by atoms with Crippen molar-refractivity contribution in [2.24, 2.45) is 5.92 Å². The van der Waals surface area contributed by atoms with E-state index in [1.54, 1.807) is 11.8 Å². The summed E-state index contributed by atoms with van der Waals surface area (Å²) >= 11 is 0. The van der Waals surface area contributed by atoms with Gasteiger partial charge in [0.25, 0.3) is 5.91 Å². The van der Waals surface area contributed by atoms with Crippen molar-refractivity contribution in [3.05, 3.63) is 34.9 Å². The average molecular weight is 376 g/mol. The van der Waals surface area contributed by atoms with Crippen LogP contribution in [0.3, 0.4) is 0 Å². The summed E-state index contributed by atoms with van der Waals surface area (Å²) in [6.45, 7) is 11.1. The summed E-state index contributed by atoms with van der Waals surface area (Å²) in [7, 11) is 1.38. The first-order chi connectivity index (χ1) is 12.9. The number of hydrogen-bond donors (Lipinski definition) is 0. The van der Waals surface area contributed by atoms with Crippen LogP contribution >= 0.6 is 0 Å². The van der Waals surface area contributed by atoms with Gasteiger partial charge in [-0.25, -0.2) is 0 Å². The van der Waals surface area contributed by atoms with Crippen LogP contribution in [0.5, 0.6) is 0 Å². The van der Waals surface area contributed by atoms with E-state index in [-0.39, 0.29) is 17.8 Å². The van der Waals surface area contributed by atoms with Gasteiger partial charge in [-0.2, -0.15) is 0 Å². The fourth-order valence-electron chi connectivity index (χ4n) is 3.25. The minimum atomic E-state index is -0.353. The number of benzene rings is 1. The van der Waals surface area contributed by atoms with Crippen molar-refractivity contribution >= 4 is 11.9 Å². The minimum Gasteiger partial charge on any atom is -0.469 e. The number of rotatable bonds is 8. The molecule has 0 spiro atoms. The molecule has 1 aliphatic rings. The lowest BCUT2D eigenvalue weighted by Gasteiger charge is -2.29. The van der Waals surface area contributed by atoms with Crippen LogP contribution in [-0.2, 0) is 14.3 Å². The first kappa shape index (κ1) is 21.4. The van der Waals surface area contributed by atoms with Gasteiger partial charge >= 0.3 is 5.97 Å². The average Bonchev–Trinajstić information content (AvgIpc) is 2.68. The molecule has 1 fully saturated rings. The first-order valence-electron chi connectivity index (χ1n) is 9.67. The Hall–Kier alpha value is -1.92. The standard InChI is InChI=1S/C21H32N2O4/c1-16-6-7-19(14-17(16)2)20(24)23(15-18(3)21(25)26-4)9-5-8-22-10-12-27-13-11-22/h6-7,14,18H,5,8-13,15H2,1-4H3. The highest BCUT2D eigenvalue weighted by molar-refractivity contribution is 5.94. The quantitative estimate of drug-likeness (QED) is 0.652. The van der Waals surface area contributed by atoms with Crippen molar-refractivity contribution in [2.45, 2.75) is 27.2 Å². The minimum absolute atomic E-state index is 0.0316. The SMILES string of the molecule is COC(=O)C(C)CN(CCCN1CCOCC1)C(=O)c1ccc(C)c(C)c1. The second-order valence-corrected chi connectivity index (χ2v) is 7.28. The maximum atomic E-state index is 13.1. The molecule has 150 valence electrons. The Labute approximate surface area is 162 Å². The van der Waals surface area contributed by atoms with Gasteiger partial charge in [-0.3, -0.25) is 14.5 Å². The van der Waals surface area contributed by atoms with E-state index in [9.17, 15) is 9.59 Å². The Morgan fingerprint density at radius 2 is 1.93 bits per heavy atom. The molecule has 6 nitrogen and oxygen atoms in total. The fourth-order valence-corrected chi connectivity index (χ4v) is 3.25. The summed E-state index contributed by atoms with van der Waals surface area (Å²) in [5.41, 5.74) is 2.92. The zero-order valence-electron chi connectivity index (χ0n) is 17.0. The largest absolute Gasteiger partial charge is 0.469 e. The number of amides is 1. The number of methoxy groups -OCH3 is 1. The van der Waals surface area contributed by atoms with Crippen molar-refractivity contribution in [2.75, 3.05) is 53.0 Å². The second kappa shape index (κ2) is 10.4. The van der Waals surface area contributed by atoms with Gasteiger partial charge in [-0.15, -0.1) is 0 Å². The summed E-state index contributed by atoms with van der Waals surface area (Å²) in [5.74, 6) is -0.675. The lowest BCUT2D eigenvalue weighted by molar-refractivity contribution is -0.145. The molecule has 1 saturated heterocycles. The van der Waals surface area contributed by atoms with Crippen LogP contribution in [0.25, 0.3) is 0 Å². The third-order valence-electron chi connectivity index (χ3n) is 5.14. The van der Waals surface area contributed by atoms with Crippen LogP contribution in [-0.4, -0.2) is 74.7 Å². The Bertz CT molecular complexity index is 641. The van der Waals surface area contributed by atoms with E-state index in [2.05, 4.69) is 4.90 Å². The summed E-state index contributed by atoms with van der Waals surface area (Å²) in [5, 5.41) is 0. The molecule has 1 aromatic carbocycles. The molecule has 0 bridgehead atoms. The predicted octanol–water partition coefficient (Wildman–Crippen LogP) is 2.28. The number of aryl methyl sites for hydroxylation is 2. The Morgan fingerprint density at radius 1 is 1.22 bits per heavy atom. The summed E-state index contributed by atoms with van der Waals surface area (Å²) in [6.07, 6.45) is 0.866. The highest BCUT2D eigenvalue weighted by Gasteiger charge is 2.23. The number of esters is 1. The molecule has 2 rings (SSSR count). The van der Waals surface area contributed by atoms with Crippen LogP contribution in [0, 0.1) is 19.8 Å². The number of carbonyl (C=O) groups excluding carboxylic acids is 2. The van der Waals surface area contributed by atoms with Crippen molar-refractivity contribution in [1.29, 1.82) is 0 Å². The smallest absolute Gasteiger partial charge is 0.310 e. The van der Waals surface area contributed by atoms with Gasteiger partial charge in [-0.05, 0) is 43.5 Å². The van der Waals surface area contributed by atoms with Crippen LogP contribution in [0.2, 0.25) is 0 Å². The van der Waals surface area contributed by atoms with Crippen molar-refractivity contribution in [1.82, 2.24) is 9.80 Å². The monoisotopic (exact) mass is 376 g/mol. The summed E-state index contributed by atoms with van der Waals surface area (Å²) in [4.78, 5) is 29.1. The maximum absolute atomic E-state index is 13.1. The molecule has 0 radical (unpaired) electrons. The van der Waals surface area contributed by atoms with Crippen LogP contribution < -0.4 is 0 Å². The fraction of sp³-hybridized carbons (Fsp3) is 0.619. The normalized spacial score (nSPS) is 16.0. The summed E-state index contributed by atoms with van der Waals surface area (Å²) < 4.78 is 10.2. The molecule has 0 aliphatic carbocycles. The molecule has 1 atom stereocenters. The zero-order valence-corrected chi connectivity index (χ0v) is 17.0. The molecule has 27 heavy (non-hydrogen) atoms. The third-order valence-corrected chi connectivity index (χ3v) is 5.14. The Kier molecular flexibility index (Phi) is 8.25. The van der Waals surface area contributed by atoms with Crippen LogP contribution in [0.15, 0.2) is 18.2 Å². The zero-order chi connectivity index (χ0) is 19.8. The molecule has 0 N–H and O–H groups in total. The molecule has 6 heteroatoms. The van der Waals surface area contributed by atoms with E-state index < -0.39 is 0 Å². The van der Waals surface area contributed by atoms with Gasteiger partial charge in [0.1, 0.15) is 0 Å². The van der Waals surface area contributed by atoms with Crippen LogP contribution in [0.1, 0.15) is 34.8 Å². The highest BCUT2D eigenvalue weighted by atomic mass is 16.5. The lowest BCUT2D eigenvalue weighted by atomic mass is 10.0. The number of ether oxygens (including phenoxy) is 2. The molecular formula is C21H32N2O4. The molecule has 0 aromatic heterocycles. The van der Waals surface area contributed by atoms with Crippen LogP contribution in [0.4, 0.5) is 0 Å². The molecule has 1 unspecified atom stereocenters. The van der Waals surface area contributed by atoms with Gasteiger partial charge in [0, 0.05) is 38.3 Å². The number of nitrogens with zero attached hydrogens (tertiary/aromatic N) is 2. The molecule has 0 saturated carbocycles. The van der Waals surface area contributed by atoms with Gasteiger partial charge in [0.05, 0.1) is 26.2 Å². The second-order valence-electron chi connectivity index (χ2n) is 7.28. The van der Waals surface area contributed by atoms with Crippen molar-refractivity contribution in [3.63, 3.8) is 0 Å². The summed E-state index contributed by atoms with van der Waals surface area (Å²) in [6, 6.07) is 5.76.